The van der Waals surface area contributed by atoms with E-state index in [4.69, 9.17) is 9.47 Å². The Morgan fingerprint density at radius 2 is 2.19 bits per heavy atom. The fourth-order valence-corrected chi connectivity index (χ4v) is 3.86. The van der Waals surface area contributed by atoms with Crippen LogP contribution < -0.4 is 15.8 Å². The molecular formula is C18H21N3O5. The van der Waals surface area contributed by atoms with E-state index in [0.717, 1.165) is 18.4 Å². The lowest BCUT2D eigenvalue weighted by Crippen LogP contribution is -2.39. The molecule has 8 nitrogen and oxygen atoms in total. The van der Waals surface area contributed by atoms with Gasteiger partial charge in [-0.25, -0.2) is 4.79 Å². The highest BCUT2D eigenvalue weighted by atomic mass is 16.5. The first-order chi connectivity index (χ1) is 12.5. The van der Waals surface area contributed by atoms with Crippen molar-refractivity contribution >= 4 is 5.91 Å². The Bertz CT molecular complexity index is 843. The average molecular weight is 359 g/mol. The number of fused-ring (bicyclic) bond motifs is 2. The van der Waals surface area contributed by atoms with E-state index in [-0.39, 0.29) is 17.4 Å². The first kappa shape index (κ1) is 16.8. The fourth-order valence-electron chi connectivity index (χ4n) is 3.86. The van der Waals surface area contributed by atoms with Gasteiger partial charge in [-0.2, -0.15) is 0 Å². The Hall–Kier alpha value is -2.61. The molecule has 0 radical (unpaired) electrons. The Kier molecular flexibility index (Phi) is 4.28. The highest BCUT2D eigenvalue weighted by Crippen LogP contribution is 2.47. The number of rotatable bonds is 6. The Balaban J connectivity index is 1.22. The van der Waals surface area contributed by atoms with Crippen LogP contribution >= 0.6 is 0 Å². The molecule has 26 heavy (non-hydrogen) atoms. The maximum absolute atomic E-state index is 12.3. The number of aromatic amines is 1. The number of amides is 1. The SMILES string of the molecule is C[C@@]12C[C@H](CO1)[C@@H](C(=O)NCCOc1ccc(-c3noc(=O)[nH]3)cc1)C2. The van der Waals surface area contributed by atoms with Crippen LogP contribution in [0.4, 0.5) is 0 Å². The van der Waals surface area contributed by atoms with Crippen molar-refractivity contribution in [3.63, 3.8) is 0 Å². The summed E-state index contributed by atoms with van der Waals surface area (Å²) in [6.07, 6.45) is 1.78. The van der Waals surface area contributed by atoms with Gasteiger partial charge in [-0.1, -0.05) is 5.16 Å². The minimum absolute atomic E-state index is 0.0534. The summed E-state index contributed by atoms with van der Waals surface area (Å²) in [7, 11) is 0. The molecular weight excluding hydrogens is 338 g/mol. The molecule has 1 aliphatic heterocycles. The Morgan fingerprint density at radius 1 is 1.38 bits per heavy atom. The van der Waals surface area contributed by atoms with Crippen LogP contribution in [0.2, 0.25) is 0 Å². The van der Waals surface area contributed by atoms with Crippen molar-refractivity contribution < 1.29 is 18.8 Å². The van der Waals surface area contributed by atoms with Gasteiger partial charge in [-0.15, -0.1) is 0 Å². The lowest BCUT2D eigenvalue weighted by molar-refractivity contribution is -0.130. The van der Waals surface area contributed by atoms with Crippen molar-refractivity contribution in [3.8, 4) is 17.1 Å². The van der Waals surface area contributed by atoms with E-state index in [9.17, 15) is 9.59 Å². The summed E-state index contributed by atoms with van der Waals surface area (Å²) in [5.74, 6) is 0.948. The van der Waals surface area contributed by atoms with Gasteiger partial charge in [-0.05, 0) is 49.9 Å². The quantitative estimate of drug-likeness (QED) is 0.754. The van der Waals surface area contributed by atoms with E-state index in [1.807, 2.05) is 0 Å². The van der Waals surface area contributed by atoms with Crippen LogP contribution in [0.3, 0.4) is 0 Å². The molecule has 1 amide bonds. The van der Waals surface area contributed by atoms with Gasteiger partial charge in [0.15, 0.2) is 5.82 Å². The number of hydrogen-bond donors (Lipinski definition) is 2. The van der Waals surface area contributed by atoms with E-state index >= 15 is 0 Å². The summed E-state index contributed by atoms with van der Waals surface area (Å²) in [5.41, 5.74) is 0.613. The first-order valence-corrected chi connectivity index (χ1v) is 8.73. The van der Waals surface area contributed by atoms with E-state index in [2.05, 4.69) is 26.9 Å². The predicted molar refractivity (Wildman–Crippen MR) is 91.6 cm³/mol. The number of carbonyl (C=O) groups excluding carboxylic acids is 1. The molecule has 1 saturated heterocycles. The van der Waals surface area contributed by atoms with Crippen molar-refractivity contribution in [2.24, 2.45) is 11.8 Å². The zero-order valence-electron chi connectivity index (χ0n) is 14.5. The molecule has 2 aliphatic rings. The van der Waals surface area contributed by atoms with Crippen molar-refractivity contribution in [2.45, 2.75) is 25.4 Å². The van der Waals surface area contributed by atoms with Gasteiger partial charge in [-0.3, -0.25) is 14.3 Å². The van der Waals surface area contributed by atoms with E-state index in [1.54, 1.807) is 24.3 Å². The standard InChI is InChI=1S/C18H21N3O5/c1-18-8-12(10-25-18)14(9-18)16(22)19-6-7-24-13-4-2-11(3-5-13)15-20-17(23)26-21-15/h2-5,12,14H,6-10H2,1H3,(H,19,22)(H,20,21,23)/t12-,14+,18+/m1/s1. The Labute approximate surface area is 149 Å². The molecule has 4 rings (SSSR count). The van der Waals surface area contributed by atoms with Crippen LogP contribution in [-0.4, -0.2) is 41.4 Å². The van der Waals surface area contributed by atoms with Crippen molar-refractivity contribution in [1.29, 1.82) is 0 Å². The lowest BCUT2D eigenvalue weighted by Gasteiger charge is -2.26. The number of ether oxygens (including phenoxy) is 2. The van der Waals surface area contributed by atoms with Crippen LogP contribution in [0.25, 0.3) is 11.4 Å². The zero-order chi connectivity index (χ0) is 18.1. The molecule has 2 fully saturated rings. The molecule has 2 N–H and O–H groups in total. The topological polar surface area (TPSA) is 106 Å². The number of H-pyrrole nitrogens is 1. The molecule has 3 atom stereocenters. The second-order valence-electron chi connectivity index (χ2n) is 7.14. The molecule has 0 unspecified atom stereocenters. The highest BCUT2D eigenvalue weighted by molar-refractivity contribution is 5.79. The highest BCUT2D eigenvalue weighted by Gasteiger charge is 2.51. The lowest BCUT2D eigenvalue weighted by atomic mass is 9.95. The van der Waals surface area contributed by atoms with E-state index < -0.39 is 5.76 Å². The van der Waals surface area contributed by atoms with Crippen LogP contribution in [0.15, 0.2) is 33.6 Å². The largest absolute Gasteiger partial charge is 0.492 e. The molecule has 1 aromatic heterocycles. The molecule has 1 aliphatic carbocycles. The van der Waals surface area contributed by atoms with Crippen molar-refractivity contribution in [3.05, 3.63) is 34.8 Å². The number of carbonyl (C=O) groups is 1. The van der Waals surface area contributed by atoms with Gasteiger partial charge < -0.3 is 14.8 Å². The van der Waals surface area contributed by atoms with Gasteiger partial charge in [0.05, 0.1) is 18.8 Å². The van der Waals surface area contributed by atoms with Gasteiger partial charge in [0.1, 0.15) is 12.4 Å². The summed E-state index contributed by atoms with van der Waals surface area (Å²) >= 11 is 0. The van der Waals surface area contributed by atoms with Crippen LogP contribution in [0.1, 0.15) is 19.8 Å². The minimum Gasteiger partial charge on any atom is -0.492 e. The monoisotopic (exact) mass is 359 g/mol. The van der Waals surface area contributed by atoms with Crippen LogP contribution in [-0.2, 0) is 9.53 Å². The molecule has 2 bridgehead atoms. The van der Waals surface area contributed by atoms with E-state index in [1.165, 1.54) is 0 Å². The number of aromatic nitrogens is 2. The number of nitrogens with zero attached hydrogens (tertiary/aromatic N) is 1. The molecule has 2 aromatic rings. The van der Waals surface area contributed by atoms with Crippen LogP contribution in [0.5, 0.6) is 5.75 Å². The maximum atomic E-state index is 12.3. The second-order valence-corrected chi connectivity index (χ2v) is 7.14. The van der Waals surface area contributed by atoms with Gasteiger partial charge in [0.2, 0.25) is 5.91 Å². The minimum atomic E-state index is -0.591. The normalized spacial score (nSPS) is 26.8. The molecule has 8 heteroatoms. The fraction of sp³-hybridized carbons (Fsp3) is 0.500. The number of benzene rings is 1. The molecule has 0 spiro atoms. The maximum Gasteiger partial charge on any atom is 0.439 e. The summed E-state index contributed by atoms with van der Waals surface area (Å²) in [4.78, 5) is 25.8. The number of nitrogens with one attached hydrogen (secondary N) is 2. The second kappa shape index (κ2) is 6.60. The average Bonchev–Trinajstić information content (AvgIpc) is 3.32. The zero-order valence-corrected chi connectivity index (χ0v) is 14.5. The smallest absolute Gasteiger partial charge is 0.439 e. The third kappa shape index (κ3) is 3.37. The summed E-state index contributed by atoms with van der Waals surface area (Å²) in [5, 5.41) is 6.58. The van der Waals surface area contributed by atoms with E-state index in [0.29, 0.717) is 37.3 Å². The summed E-state index contributed by atoms with van der Waals surface area (Å²) < 4.78 is 15.8. The summed E-state index contributed by atoms with van der Waals surface area (Å²) in [6.45, 7) is 3.62. The number of hydrogen-bond acceptors (Lipinski definition) is 6. The van der Waals surface area contributed by atoms with Gasteiger partial charge in [0.25, 0.3) is 0 Å². The summed E-state index contributed by atoms with van der Waals surface area (Å²) in [6, 6.07) is 7.10. The third-order valence-electron chi connectivity index (χ3n) is 5.14. The first-order valence-electron chi connectivity index (χ1n) is 8.73. The predicted octanol–water partition coefficient (Wildman–Crippen LogP) is 1.34. The molecule has 2 heterocycles. The van der Waals surface area contributed by atoms with Crippen molar-refractivity contribution in [2.75, 3.05) is 19.8 Å². The molecule has 1 saturated carbocycles. The Morgan fingerprint density at radius 3 is 2.81 bits per heavy atom. The van der Waals surface area contributed by atoms with Gasteiger partial charge >= 0.3 is 5.76 Å². The molecule has 1 aromatic carbocycles. The van der Waals surface area contributed by atoms with Crippen molar-refractivity contribution in [1.82, 2.24) is 15.5 Å². The van der Waals surface area contributed by atoms with Crippen LogP contribution in [0, 0.1) is 11.8 Å². The molecule has 138 valence electrons. The van der Waals surface area contributed by atoms with Gasteiger partial charge in [0, 0.05) is 11.5 Å². The third-order valence-corrected chi connectivity index (χ3v) is 5.14.